The summed E-state index contributed by atoms with van der Waals surface area (Å²) in [4.78, 5) is 38.0. The zero-order valence-corrected chi connectivity index (χ0v) is 42.4. The van der Waals surface area contributed by atoms with E-state index in [1.165, 1.54) is 77.0 Å². The lowest BCUT2D eigenvalue weighted by Crippen LogP contribution is -2.30. The van der Waals surface area contributed by atoms with Crippen LogP contribution in [0.1, 0.15) is 220 Å². The maximum Gasteiger partial charge on any atom is 0.306 e. The summed E-state index contributed by atoms with van der Waals surface area (Å²) in [5.74, 6) is -1.04. The summed E-state index contributed by atoms with van der Waals surface area (Å²) in [5, 5.41) is 0. The zero-order valence-electron chi connectivity index (χ0n) is 42.4. The molecule has 0 radical (unpaired) electrons. The van der Waals surface area contributed by atoms with Crippen LogP contribution in [0.15, 0.2) is 122 Å². The minimum Gasteiger partial charge on any atom is -0.462 e. The van der Waals surface area contributed by atoms with Crippen LogP contribution in [-0.2, 0) is 28.6 Å². The van der Waals surface area contributed by atoms with Gasteiger partial charge in [0, 0.05) is 19.3 Å². The molecule has 0 aromatic rings. The number of esters is 3. The van der Waals surface area contributed by atoms with Crippen molar-refractivity contribution in [3.8, 4) is 0 Å². The summed E-state index contributed by atoms with van der Waals surface area (Å²) in [5.41, 5.74) is 0. The van der Waals surface area contributed by atoms with Gasteiger partial charge in [-0.3, -0.25) is 14.4 Å². The van der Waals surface area contributed by atoms with Gasteiger partial charge in [0.1, 0.15) is 13.2 Å². The fourth-order valence-electron chi connectivity index (χ4n) is 6.82. The summed E-state index contributed by atoms with van der Waals surface area (Å²) >= 11 is 0. The summed E-state index contributed by atoms with van der Waals surface area (Å²) < 4.78 is 16.7. The van der Waals surface area contributed by atoms with E-state index in [4.69, 9.17) is 14.2 Å². The number of hydrogen-bond donors (Lipinski definition) is 0. The Balaban J connectivity index is 4.57. The lowest BCUT2D eigenvalue weighted by atomic mass is 10.1. The molecule has 0 heterocycles. The standard InChI is InChI=1S/C60H96O6/c1-4-7-10-13-16-19-22-25-27-29-31-32-35-38-41-44-47-50-53-59(62)65-56-57(55-64-58(61)52-49-46-43-40-37-34-24-21-18-15-12-9-6-3)66-60(63)54-51-48-45-42-39-36-33-30-28-26-23-20-17-14-11-8-5-2/h9,12,15,18,21-22,24-29,31-34,36-37,42,45,57H,4-8,10-11,13-14,16-17,19-20,23,30,35,38-41,43-44,46-56H2,1-3H3/b12-9+,18-15+,24-21+,25-22+,28-26+,29-27+,32-31+,36-33+,37-34+,45-42+. The van der Waals surface area contributed by atoms with Crippen LogP contribution < -0.4 is 0 Å². The summed E-state index contributed by atoms with van der Waals surface area (Å²) in [6.07, 6.45) is 73.3. The van der Waals surface area contributed by atoms with Crippen molar-refractivity contribution in [1.82, 2.24) is 0 Å². The van der Waals surface area contributed by atoms with Gasteiger partial charge in [-0.15, -0.1) is 0 Å². The van der Waals surface area contributed by atoms with Crippen molar-refractivity contribution in [1.29, 1.82) is 0 Å². The normalized spacial score (nSPS) is 13.1. The molecule has 0 aliphatic rings. The van der Waals surface area contributed by atoms with Crippen molar-refractivity contribution in [2.75, 3.05) is 13.2 Å². The van der Waals surface area contributed by atoms with Crippen LogP contribution in [0.2, 0.25) is 0 Å². The van der Waals surface area contributed by atoms with Gasteiger partial charge >= 0.3 is 17.9 Å². The van der Waals surface area contributed by atoms with Crippen LogP contribution in [0.25, 0.3) is 0 Å². The highest BCUT2D eigenvalue weighted by atomic mass is 16.6. The maximum atomic E-state index is 12.8. The lowest BCUT2D eigenvalue weighted by molar-refractivity contribution is -0.167. The molecule has 0 amide bonds. The predicted octanol–water partition coefficient (Wildman–Crippen LogP) is 17.7. The van der Waals surface area contributed by atoms with Crippen molar-refractivity contribution in [2.24, 2.45) is 0 Å². The molecule has 0 rings (SSSR count). The summed E-state index contributed by atoms with van der Waals surface area (Å²) in [6, 6.07) is 0. The molecule has 0 spiro atoms. The highest BCUT2D eigenvalue weighted by Gasteiger charge is 2.19. The van der Waals surface area contributed by atoms with E-state index in [0.29, 0.717) is 19.3 Å². The van der Waals surface area contributed by atoms with Crippen LogP contribution in [0.5, 0.6) is 0 Å². The topological polar surface area (TPSA) is 78.9 Å². The maximum absolute atomic E-state index is 12.8. The number of rotatable bonds is 46. The first kappa shape index (κ1) is 61.8. The molecule has 1 atom stereocenters. The molecular weight excluding hydrogens is 817 g/mol. The van der Waals surface area contributed by atoms with Crippen molar-refractivity contribution >= 4 is 17.9 Å². The van der Waals surface area contributed by atoms with E-state index in [1.54, 1.807) is 0 Å². The average Bonchev–Trinajstić information content (AvgIpc) is 3.31. The van der Waals surface area contributed by atoms with Crippen LogP contribution in [0, 0.1) is 0 Å². The van der Waals surface area contributed by atoms with Gasteiger partial charge in [-0.1, -0.05) is 226 Å². The molecule has 0 fully saturated rings. The smallest absolute Gasteiger partial charge is 0.306 e. The lowest BCUT2D eigenvalue weighted by Gasteiger charge is -2.18. The Kier molecular flexibility index (Phi) is 50.0. The zero-order chi connectivity index (χ0) is 47.9. The Morgan fingerprint density at radius 2 is 0.667 bits per heavy atom. The highest BCUT2D eigenvalue weighted by molar-refractivity contribution is 5.71. The molecule has 0 N–H and O–H groups in total. The van der Waals surface area contributed by atoms with Crippen molar-refractivity contribution < 1.29 is 28.6 Å². The van der Waals surface area contributed by atoms with E-state index in [-0.39, 0.29) is 37.5 Å². The molecule has 6 heteroatoms. The Labute approximate surface area is 405 Å². The summed E-state index contributed by atoms with van der Waals surface area (Å²) in [7, 11) is 0. The molecule has 0 saturated heterocycles. The number of ether oxygens (including phenoxy) is 3. The van der Waals surface area contributed by atoms with Crippen LogP contribution in [0.4, 0.5) is 0 Å². The van der Waals surface area contributed by atoms with Crippen LogP contribution in [-0.4, -0.2) is 37.2 Å². The number of carbonyl (C=O) groups excluding carboxylic acids is 3. The minimum absolute atomic E-state index is 0.125. The molecule has 0 aromatic heterocycles. The molecule has 66 heavy (non-hydrogen) atoms. The molecular formula is C60H96O6. The third-order valence-electron chi connectivity index (χ3n) is 10.8. The SMILES string of the molecule is CC/C=C/C=C/C=C/C=C/CCCCCC(=O)OCC(COC(=O)CCCCCCC/C=C/C=C/C=C/CCCCCCC)OC(=O)CCC/C=C/C/C=C/C/C=C/CCCCCCCC. The average molecular weight is 913 g/mol. The van der Waals surface area contributed by atoms with Gasteiger partial charge in [-0.2, -0.15) is 0 Å². The first-order valence-electron chi connectivity index (χ1n) is 26.6. The molecule has 0 saturated carbocycles. The van der Waals surface area contributed by atoms with E-state index in [2.05, 4.69) is 106 Å². The second-order valence-corrected chi connectivity index (χ2v) is 17.2. The fourth-order valence-corrected chi connectivity index (χ4v) is 6.82. The van der Waals surface area contributed by atoms with Gasteiger partial charge in [-0.05, 0) is 96.3 Å². The molecule has 0 aliphatic heterocycles. The fraction of sp³-hybridized carbons (Fsp3) is 0.617. The monoisotopic (exact) mass is 913 g/mol. The van der Waals surface area contributed by atoms with Gasteiger partial charge < -0.3 is 14.2 Å². The van der Waals surface area contributed by atoms with Gasteiger partial charge in [-0.25, -0.2) is 0 Å². The molecule has 1 unspecified atom stereocenters. The van der Waals surface area contributed by atoms with E-state index in [9.17, 15) is 14.4 Å². The number of carbonyl (C=O) groups is 3. The Morgan fingerprint density at radius 3 is 1.12 bits per heavy atom. The predicted molar refractivity (Wildman–Crippen MR) is 283 cm³/mol. The van der Waals surface area contributed by atoms with Crippen molar-refractivity contribution in [3.63, 3.8) is 0 Å². The molecule has 0 aliphatic carbocycles. The van der Waals surface area contributed by atoms with E-state index < -0.39 is 6.10 Å². The molecule has 0 bridgehead atoms. The molecule has 372 valence electrons. The number of hydrogen-bond acceptors (Lipinski definition) is 6. The Morgan fingerprint density at radius 1 is 0.333 bits per heavy atom. The quantitative estimate of drug-likeness (QED) is 0.0199. The highest BCUT2D eigenvalue weighted by Crippen LogP contribution is 2.12. The third kappa shape index (κ3) is 50.8. The van der Waals surface area contributed by atoms with Gasteiger partial charge in [0.15, 0.2) is 6.10 Å². The number of allylic oxidation sites excluding steroid dienone is 20. The second kappa shape index (κ2) is 53.4. The van der Waals surface area contributed by atoms with Gasteiger partial charge in [0.25, 0.3) is 0 Å². The van der Waals surface area contributed by atoms with E-state index >= 15 is 0 Å². The van der Waals surface area contributed by atoms with Crippen molar-refractivity contribution in [2.45, 2.75) is 226 Å². The molecule has 0 aromatic carbocycles. The summed E-state index contributed by atoms with van der Waals surface area (Å²) in [6.45, 7) is 6.36. The van der Waals surface area contributed by atoms with Gasteiger partial charge in [0.05, 0.1) is 0 Å². The Bertz CT molecular complexity index is 1420. The van der Waals surface area contributed by atoms with Crippen LogP contribution in [0.3, 0.4) is 0 Å². The molecule has 6 nitrogen and oxygen atoms in total. The van der Waals surface area contributed by atoms with E-state index in [0.717, 1.165) is 96.3 Å². The van der Waals surface area contributed by atoms with Crippen LogP contribution >= 0.6 is 0 Å². The largest absolute Gasteiger partial charge is 0.462 e. The first-order chi connectivity index (χ1) is 32.5. The third-order valence-corrected chi connectivity index (χ3v) is 10.8. The van der Waals surface area contributed by atoms with Crippen molar-refractivity contribution in [3.05, 3.63) is 122 Å². The number of unbranched alkanes of at least 4 members (excludes halogenated alkanes) is 20. The van der Waals surface area contributed by atoms with Gasteiger partial charge in [0.2, 0.25) is 0 Å². The minimum atomic E-state index is -0.833. The first-order valence-corrected chi connectivity index (χ1v) is 26.6. The Hall–Kier alpha value is -4.19. The van der Waals surface area contributed by atoms with E-state index in [1.807, 2.05) is 36.5 Å². The second-order valence-electron chi connectivity index (χ2n) is 17.2.